The highest BCUT2D eigenvalue weighted by molar-refractivity contribution is 9.10. The zero-order valence-corrected chi connectivity index (χ0v) is 12.9. The van der Waals surface area contributed by atoms with Crippen LogP contribution in [0.3, 0.4) is 0 Å². The van der Waals surface area contributed by atoms with Gasteiger partial charge in [-0.1, -0.05) is 35.8 Å². The Labute approximate surface area is 116 Å². The lowest BCUT2D eigenvalue weighted by Gasteiger charge is -2.18. The first-order valence-electron chi connectivity index (χ1n) is 5.75. The van der Waals surface area contributed by atoms with Crippen molar-refractivity contribution in [1.82, 2.24) is 5.32 Å². The summed E-state index contributed by atoms with van der Waals surface area (Å²) in [5, 5.41) is 3.95. The SMILES string of the molecule is CNC(CSC(C)C)Cc1ccc(F)cc1Br. The van der Waals surface area contributed by atoms with Gasteiger partial charge in [-0.15, -0.1) is 0 Å². The van der Waals surface area contributed by atoms with Gasteiger partial charge in [-0.2, -0.15) is 11.8 Å². The van der Waals surface area contributed by atoms with Crippen LogP contribution in [-0.4, -0.2) is 24.1 Å². The number of halogens is 2. The number of hydrogen-bond donors (Lipinski definition) is 1. The Hall–Kier alpha value is -0.0600. The normalized spacial score (nSPS) is 13.1. The van der Waals surface area contributed by atoms with Crippen LogP contribution < -0.4 is 5.32 Å². The lowest BCUT2D eigenvalue weighted by atomic mass is 10.1. The Balaban J connectivity index is 2.60. The summed E-state index contributed by atoms with van der Waals surface area (Å²) in [6.45, 7) is 4.40. The second-order valence-electron chi connectivity index (χ2n) is 4.31. The van der Waals surface area contributed by atoms with E-state index in [9.17, 15) is 4.39 Å². The molecule has 1 N–H and O–H groups in total. The maximum atomic E-state index is 13.0. The van der Waals surface area contributed by atoms with Gasteiger partial charge in [-0.3, -0.25) is 0 Å². The molecule has 0 spiro atoms. The molecule has 0 saturated heterocycles. The van der Waals surface area contributed by atoms with E-state index in [1.54, 1.807) is 0 Å². The standard InChI is InChI=1S/C13H19BrFNS/c1-9(2)17-8-12(16-3)6-10-4-5-11(15)7-13(10)14/h4-5,7,9,12,16H,6,8H2,1-3H3. The van der Waals surface area contributed by atoms with E-state index >= 15 is 0 Å². The van der Waals surface area contributed by atoms with E-state index < -0.39 is 0 Å². The van der Waals surface area contributed by atoms with Crippen LogP contribution in [0.25, 0.3) is 0 Å². The van der Waals surface area contributed by atoms with Gasteiger partial charge in [-0.25, -0.2) is 4.39 Å². The minimum Gasteiger partial charge on any atom is -0.316 e. The van der Waals surface area contributed by atoms with Gasteiger partial charge in [-0.05, 0) is 36.4 Å². The molecule has 1 aromatic carbocycles. The van der Waals surface area contributed by atoms with Crippen molar-refractivity contribution in [3.8, 4) is 0 Å². The van der Waals surface area contributed by atoms with Crippen molar-refractivity contribution >= 4 is 27.7 Å². The fourth-order valence-corrected chi connectivity index (χ4v) is 2.92. The van der Waals surface area contributed by atoms with Crippen LogP contribution in [0.1, 0.15) is 19.4 Å². The molecule has 1 unspecified atom stereocenters. The van der Waals surface area contributed by atoms with Crippen LogP contribution >= 0.6 is 27.7 Å². The van der Waals surface area contributed by atoms with Gasteiger partial charge in [0.25, 0.3) is 0 Å². The smallest absolute Gasteiger partial charge is 0.124 e. The molecule has 0 aliphatic heterocycles. The van der Waals surface area contributed by atoms with E-state index in [0.717, 1.165) is 22.2 Å². The molecule has 0 bridgehead atoms. The molecule has 4 heteroatoms. The average Bonchev–Trinajstić information content (AvgIpc) is 2.26. The second-order valence-corrected chi connectivity index (χ2v) is 6.77. The minimum atomic E-state index is -0.196. The molecule has 96 valence electrons. The summed E-state index contributed by atoms with van der Waals surface area (Å²) in [6.07, 6.45) is 0.914. The molecule has 1 nitrogen and oxygen atoms in total. The quantitative estimate of drug-likeness (QED) is 0.854. The molecule has 17 heavy (non-hydrogen) atoms. The van der Waals surface area contributed by atoms with E-state index in [0.29, 0.717) is 11.3 Å². The van der Waals surface area contributed by atoms with Gasteiger partial charge < -0.3 is 5.32 Å². The fraction of sp³-hybridized carbons (Fsp3) is 0.538. The number of rotatable bonds is 6. The summed E-state index contributed by atoms with van der Waals surface area (Å²) >= 11 is 5.35. The Morgan fingerprint density at radius 3 is 2.65 bits per heavy atom. The van der Waals surface area contributed by atoms with Crippen molar-refractivity contribution in [1.29, 1.82) is 0 Å². The monoisotopic (exact) mass is 319 g/mol. The van der Waals surface area contributed by atoms with E-state index in [1.807, 2.05) is 24.9 Å². The Morgan fingerprint density at radius 2 is 2.12 bits per heavy atom. The third kappa shape index (κ3) is 5.40. The molecule has 0 aromatic heterocycles. The maximum Gasteiger partial charge on any atom is 0.124 e. The summed E-state index contributed by atoms with van der Waals surface area (Å²) in [4.78, 5) is 0. The molecule has 0 saturated carbocycles. The lowest BCUT2D eigenvalue weighted by Crippen LogP contribution is -2.30. The predicted octanol–water partition coefficient (Wildman–Crippen LogP) is 3.86. The summed E-state index contributed by atoms with van der Waals surface area (Å²) in [5.74, 6) is 0.871. The molecule has 0 heterocycles. The van der Waals surface area contributed by atoms with E-state index in [2.05, 4.69) is 35.1 Å². The molecule has 0 aliphatic rings. The Morgan fingerprint density at radius 1 is 1.41 bits per heavy atom. The molecule has 1 aromatic rings. The van der Waals surface area contributed by atoms with E-state index in [4.69, 9.17) is 0 Å². The van der Waals surface area contributed by atoms with Crippen LogP contribution in [0.4, 0.5) is 4.39 Å². The third-order valence-corrected chi connectivity index (χ3v) is 4.52. The zero-order valence-electron chi connectivity index (χ0n) is 10.5. The second kappa shape index (κ2) is 7.39. The first kappa shape index (κ1) is 15.0. The van der Waals surface area contributed by atoms with Crippen LogP contribution in [0.15, 0.2) is 22.7 Å². The largest absolute Gasteiger partial charge is 0.316 e. The number of benzene rings is 1. The Bertz CT molecular complexity index is 357. The predicted molar refractivity (Wildman–Crippen MR) is 78.2 cm³/mol. The van der Waals surface area contributed by atoms with Crippen molar-refractivity contribution in [2.24, 2.45) is 0 Å². The fourth-order valence-electron chi connectivity index (χ4n) is 1.51. The van der Waals surface area contributed by atoms with Gasteiger partial charge in [0.2, 0.25) is 0 Å². The number of thioether (sulfide) groups is 1. The molecule has 1 atom stereocenters. The highest BCUT2D eigenvalue weighted by Crippen LogP contribution is 2.21. The van der Waals surface area contributed by atoms with Crippen molar-refractivity contribution in [3.05, 3.63) is 34.1 Å². The molecule has 0 aliphatic carbocycles. The first-order valence-corrected chi connectivity index (χ1v) is 7.60. The Kier molecular flexibility index (Phi) is 6.52. The number of likely N-dealkylation sites (N-methyl/N-ethyl adjacent to an activating group) is 1. The highest BCUT2D eigenvalue weighted by atomic mass is 79.9. The molecular formula is C13H19BrFNS. The van der Waals surface area contributed by atoms with Gasteiger partial charge in [0.15, 0.2) is 0 Å². The van der Waals surface area contributed by atoms with Crippen molar-refractivity contribution in [2.75, 3.05) is 12.8 Å². The first-order chi connectivity index (χ1) is 8.02. The average molecular weight is 320 g/mol. The van der Waals surface area contributed by atoms with E-state index in [1.165, 1.54) is 12.1 Å². The van der Waals surface area contributed by atoms with Crippen LogP contribution in [0.5, 0.6) is 0 Å². The van der Waals surface area contributed by atoms with Crippen molar-refractivity contribution in [2.45, 2.75) is 31.6 Å². The van der Waals surface area contributed by atoms with Crippen LogP contribution in [0, 0.1) is 5.82 Å². The van der Waals surface area contributed by atoms with Gasteiger partial charge in [0.05, 0.1) is 0 Å². The van der Waals surface area contributed by atoms with Crippen molar-refractivity contribution < 1.29 is 4.39 Å². The zero-order chi connectivity index (χ0) is 12.8. The number of hydrogen-bond acceptors (Lipinski definition) is 2. The van der Waals surface area contributed by atoms with Crippen LogP contribution in [0.2, 0.25) is 0 Å². The van der Waals surface area contributed by atoms with Crippen LogP contribution in [-0.2, 0) is 6.42 Å². The summed E-state index contributed by atoms with van der Waals surface area (Å²) in [7, 11) is 1.98. The molecule has 1 rings (SSSR count). The number of nitrogens with one attached hydrogen (secondary N) is 1. The third-order valence-electron chi connectivity index (χ3n) is 2.52. The lowest BCUT2D eigenvalue weighted by molar-refractivity contribution is 0.607. The topological polar surface area (TPSA) is 12.0 Å². The minimum absolute atomic E-state index is 0.196. The van der Waals surface area contributed by atoms with Gasteiger partial charge in [0.1, 0.15) is 5.82 Å². The maximum absolute atomic E-state index is 13.0. The van der Waals surface area contributed by atoms with Gasteiger partial charge >= 0.3 is 0 Å². The van der Waals surface area contributed by atoms with Gasteiger partial charge in [0, 0.05) is 16.3 Å². The molecule has 0 amide bonds. The molecule has 0 fully saturated rings. The van der Waals surface area contributed by atoms with Crippen molar-refractivity contribution in [3.63, 3.8) is 0 Å². The molecular weight excluding hydrogens is 301 g/mol. The summed E-state index contributed by atoms with van der Waals surface area (Å²) < 4.78 is 13.8. The molecule has 0 radical (unpaired) electrons. The van der Waals surface area contributed by atoms with E-state index in [-0.39, 0.29) is 5.82 Å². The summed E-state index contributed by atoms with van der Waals surface area (Å²) in [5.41, 5.74) is 1.15. The summed E-state index contributed by atoms with van der Waals surface area (Å²) in [6, 6.07) is 5.31. The highest BCUT2D eigenvalue weighted by Gasteiger charge is 2.11.